The van der Waals surface area contributed by atoms with E-state index < -0.39 is 6.09 Å². The van der Waals surface area contributed by atoms with Crippen LogP contribution in [0.15, 0.2) is 72.8 Å². The van der Waals surface area contributed by atoms with Gasteiger partial charge in [-0.25, -0.2) is 4.79 Å². The molecule has 3 aromatic carbocycles. The highest BCUT2D eigenvalue weighted by Crippen LogP contribution is 2.30. The number of benzene rings is 3. The average molecular weight is 517 g/mol. The molecule has 4 rings (SSSR count). The molecule has 0 bridgehead atoms. The summed E-state index contributed by atoms with van der Waals surface area (Å²) in [6, 6.07) is 23.1. The van der Waals surface area contributed by atoms with Gasteiger partial charge in [0.2, 0.25) is 5.91 Å². The predicted molar refractivity (Wildman–Crippen MR) is 151 cm³/mol. The van der Waals surface area contributed by atoms with Crippen LogP contribution in [-0.4, -0.2) is 54.9 Å². The van der Waals surface area contributed by atoms with Crippen molar-refractivity contribution in [1.82, 2.24) is 0 Å². The van der Waals surface area contributed by atoms with Crippen LogP contribution in [0.4, 0.5) is 16.2 Å². The third-order valence-electron chi connectivity index (χ3n) is 7.08. The molecule has 2 amide bonds. The van der Waals surface area contributed by atoms with E-state index in [9.17, 15) is 9.59 Å². The molecule has 0 radical (unpaired) electrons. The van der Waals surface area contributed by atoms with E-state index in [2.05, 4.69) is 30.8 Å². The third-order valence-corrected chi connectivity index (χ3v) is 7.08. The molecule has 1 aliphatic heterocycles. The Kier molecular flexibility index (Phi) is 9.15. The third kappa shape index (κ3) is 7.91. The Hall–Kier alpha value is -3.68. The van der Waals surface area contributed by atoms with Crippen LogP contribution in [0.2, 0.25) is 0 Å². The van der Waals surface area contributed by atoms with Crippen LogP contribution in [-0.2, 0) is 22.6 Å². The van der Waals surface area contributed by atoms with Crippen molar-refractivity contribution >= 4 is 23.4 Å². The van der Waals surface area contributed by atoms with Gasteiger partial charge in [-0.2, -0.15) is 0 Å². The normalized spacial score (nSPS) is 15.0. The molecule has 0 unspecified atom stereocenters. The van der Waals surface area contributed by atoms with Crippen molar-refractivity contribution < 1.29 is 23.9 Å². The van der Waals surface area contributed by atoms with Crippen molar-refractivity contribution in [3.63, 3.8) is 0 Å². The van der Waals surface area contributed by atoms with E-state index in [0.29, 0.717) is 18.5 Å². The van der Waals surface area contributed by atoms with Crippen LogP contribution >= 0.6 is 0 Å². The highest BCUT2D eigenvalue weighted by Gasteiger charge is 2.28. The van der Waals surface area contributed by atoms with E-state index in [-0.39, 0.29) is 18.6 Å². The number of piperidine rings is 1. The lowest BCUT2D eigenvalue weighted by Gasteiger charge is -2.36. The average Bonchev–Trinajstić information content (AvgIpc) is 2.91. The van der Waals surface area contributed by atoms with Gasteiger partial charge in [0, 0.05) is 30.5 Å². The summed E-state index contributed by atoms with van der Waals surface area (Å²) in [5.41, 5.74) is 5.26. The topological polar surface area (TPSA) is 87.7 Å². The zero-order chi connectivity index (χ0) is 27.0. The number of aliphatic hydroxyl groups is 1. The van der Waals surface area contributed by atoms with E-state index in [0.717, 1.165) is 64.8 Å². The maximum Gasteiger partial charge on any atom is 0.411 e. The monoisotopic (exact) mass is 516 g/mol. The number of likely N-dealkylation sites (tertiary alicyclic amines) is 1. The predicted octanol–water partition coefficient (Wildman–Crippen LogP) is 5.59. The molecule has 3 N–H and O–H groups in total. The number of anilines is 2. The van der Waals surface area contributed by atoms with Crippen molar-refractivity contribution in [3.05, 3.63) is 83.9 Å². The molecule has 7 heteroatoms. The molecular formula is C31H38N3O4+. The van der Waals surface area contributed by atoms with Crippen LogP contribution in [0.1, 0.15) is 36.8 Å². The summed E-state index contributed by atoms with van der Waals surface area (Å²) < 4.78 is 6.70. The van der Waals surface area contributed by atoms with E-state index in [1.165, 1.54) is 0 Å². The highest BCUT2D eigenvalue weighted by atomic mass is 16.6. The molecule has 1 saturated heterocycles. The van der Waals surface area contributed by atoms with Crippen LogP contribution < -0.4 is 10.6 Å². The zero-order valence-electron chi connectivity index (χ0n) is 22.3. The standard InChI is InChI=1S/C31H37N3O4/c1-34(2)19-17-27(18-20-34)38-31(37)33-29-16-13-23(21-28(29)25-8-4-3-5-9-25)7-6-10-30(36)32-26-14-11-24(22-35)12-15-26/h3-5,8-9,11-16,21,27,35H,6-7,10,17-20,22H2,1-2H3,(H-,32,33,36,37)/p+1. The zero-order valence-corrected chi connectivity index (χ0v) is 22.3. The number of carbonyl (C=O) groups is 2. The van der Waals surface area contributed by atoms with Crippen molar-refractivity contribution in [2.75, 3.05) is 37.8 Å². The van der Waals surface area contributed by atoms with Crippen LogP contribution in [0.5, 0.6) is 0 Å². The van der Waals surface area contributed by atoms with Gasteiger partial charge >= 0.3 is 6.09 Å². The fraction of sp³-hybridized carbons (Fsp3) is 0.355. The molecule has 1 aliphatic rings. The van der Waals surface area contributed by atoms with Crippen LogP contribution in [0.3, 0.4) is 0 Å². The van der Waals surface area contributed by atoms with Gasteiger partial charge in [-0.05, 0) is 53.8 Å². The lowest BCUT2D eigenvalue weighted by atomic mass is 9.98. The number of nitrogens with zero attached hydrogens (tertiary/aromatic N) is 1. The fourth-order valence-corrected chi connectivity index (χ4v) is 4.73. The molecule has 0 aliphatic carbocycles. The highest BCUT2D eigenvalue weighted by molar-refractivity contribution is 5.92. The molecule has 1 heterocycles. The first-order valence-corrected chi connectivity index (χ1v) is 13.3. The number of rotatable bonds is 9. The Labute approximate surface area is 225 Å². The van der Waals surface area contributed by atoms with Gasteiger partial charge in [0.05, 0.1) is 39.5 Å². The van der Waals surface area contributed by atoms with Crippen molar-refractivity contribution in [2.45, 2.75) is 44.8 Å². The molecule has 38 heavy (non-hydrogen) atoms. The SMILES string of the molecule is C[N+]1(C)CCC(OC(=O)Nc2ccc(CCCC(=O)Nc3ccc(CO)cc3)cc2-c2ccccc2)CC1. The summed E-state index contributed by atoms with van der Waals surface area (Å²) in [5, 5.41) is 15.0. The Morgan fingerprint density at radius 2 is 1.61 bits per heavy atom. The molecule has 1 fully saturated rings. The largest absolute Gasteiger partial charge is 0.446 e. The molecule has 3 aromatic rings. The molecule has 0 atom stereocenters. The van der Waals surface area contributed by atoms with Gasteiger partial charge in [-0.15, -0.1) is 0 Å². The minimum atomic E-state index is -0.421. The smallest absolute Gasteiger partial charge is 0.411 e. The summed E-state index contributed by atoms with van der Waals surface area (Å²) in [6.45, 7) is 1.97. The molecule has 7 nitrogen and oxygen atoms in total. The first-order chi connectivity index (χ1) is 18.3. The second-order valence-corrected chi connectivity index (χ2v) is 10.6. The lowest BCUT2D eigenvalue weighted by Crippen LogP contribution is -2.48. The van der Waals surface area contributed by atoms with Gasteiger partial charge in [0.25, 0.3) is 0 Å². The van der Waals surface area contributed by atoms with E-state index in [4.69, 9.17) is 9.84 Å². The van der Waals surface area contributed by atoms with Gasteiger partial charge in [-0.3, -0.25) is 10.1 Å². The Balaban J connectivity index is 1.36. The Morgan fingerprint density at radius 3 is 2.29 bits per heavy atom. The minimum absolute atomic E-state index is 0.0207. The van der Waals surface area contributed by atoms with Crippen LogP contribution in [0.25, 0.3) is 11.1 Å². The number of amides is 2. The minimum Gasteiger partial charge on any atom is -0.446 e. The molecule has 0 aromatic heterocycles. The van der Waals surface area contributed by atoms with Gasteiger partial charge in [-0.1, -0.05) is 48.5 Å². The number of hydrogen-bond donors (Lipinski definition) is 3. The molecular weight excluding hydrogens is 478 g/mol. The fourth-order valence-electron chi connectivity index (χ4n) is 4.73. The molecule has 0 saturated carbocycles. The quantitative estimate of drug-likeness (QED) is 0.323. The maximum absolute atomic E-state index is 12.7. The summed E-state index contributed by atoms with van der Waals surface area (Å²) in [5.74, 6) is -0.0454. The molecule has 200 valence electrons. The molecule has 0 spiro atoms. The lowest BCUT2D eigenvalue weighted by molar-refractivity contribution is -0.896. The number of aliphatic hydroxyl groups excluding tert-OH is 1. The van der Waals surface area contributed by atoms with E-state index in [1.54, 1.807) is 24.3 Å². The number of nitrogens with one attached hydrogen (secondary N) is 2. The number of hydrogen-bond acceptors (Lipinski definition) is 4. The number of carbonyl (C=O) groups excluding carboxylic acids is 2. The van der Waals surface area contributed by atoms with Crippen LogP contribution in [0, 0.1) is 0 Å². The summed E-state index contributed by atoms with van der Waals surface area (Å²) >= 11 is 0. The van der Waals surface area contributed by atoms with Crippen molar-refractivity contribution in [1.29, 1.82) is 0 Å². The van der Waals surface area contributed by atoms with Gasteiger partial charge in [0.1, 0.15) is 6.10 Å². The van der Waals surface area contributed by atoms with Crippen molar-refractivity contribution in [3.8, 4) is 11.1 Å². The van der Waals surface area contributed by atoms with Gasteiger partial charge in [0.15, 0.2) is 0 Å². The van der Waals surface area contributed by atoms with Gasteiger partial charge < -0.3 is 19.6 Å². The number of aryl methyl sites for hydroxylation is 1. The summed E-state index contributed by atoms with van der Waals surface area (Å²) in [4.78, 5) is 25.1. The first-order valence-electron chi connectivity index (χ1n) is 13.3. The summed E-state index contributed by atoms with van der Waals surface area (Å²) in [6.07, 6.45) is 3.08. The van der Waals surface area contributed by atoms with E-state index >= 15 is 0 Å². The first kappa shape index (κ1) is 27.4. The number of quaternary nitrogens is 1. The van der Waals surface area contributed by atoms with E-state index in [1.807, 2.05) is 42.5 Å². The summed E-state index contributed by atoms with van der Waals surface area (Å²) in [7, 11) is 4.40. The van der Waals surface area contributed by atoms with Crippen molar-refractivity contribution in [2.24, 2.45) is 0 Å². The Morgan fingerprint density at radius 1 is 0.921 bits per heavy atom. The maximum atomic E-state index is 12.7. The Bertz CT molecular complexity index is 1220. The second kappa shape index (κ2) is 12.7. The number of ether oxygens (including phenoxy) is 1. The second-order valence-electron chi connectivity index (χ2n) is 10.6.